The van der Waals surface area contributed by atoms with Gasteiger partial charge in [0.1, 0.15) is 0 Å². The summed E-state index contributed by atoms with van der Waals surface area (Å²) in [5, 5.41) is 7.91. The number of hydrogen-bond donors (Lipinski definition) is 2. The van der Waals surface area contributed by atoms with E-state index in [0.29, 0.717) is 6.42 Å². The van der Waals surface area contributed by atoms with Crippen LogP contribution in [0, 0.1) is 0 Å². The Kier molecular flexibility index (Phi) is 5.73. The van der Waals surface area contributed by atoms with Gasteiger partial charge in [-0.05, 0) is 29.7 Å². The molecule has 0 aliphatic carbocycles. The summed E-state index contributed by atoms with van der Waals surface area (Å²) >= 11 is 0. The molecule has 0 aromatic heterocycles. The first-order valence-corrected chi connectivity index (χ1v) is 7.72. The third-order valence-electron chi connectivity index (χ3n) is 3.48. The number of carbonyl (C=O) groups excluding carboxylic acids is 1. The predicted octanol–water partition coefficient (Wildman–Crippen LogP) is 4.26. The molecule has 2 aromatic carbocycles. The average Bonchev–Trinajstić information content (AvgIpc) is 2.72. The van der Waals surface area contributed by atoms with Gasteiger partial charge in [0.25, 0.3) is 0 Å². The number of hydrogen-bond acceptors (Lipinski definition) is 2. The van der Waals surface area contributed by atoms with Gasteiger partial charge in [-0.15, -0.1) is 0 Å². The van der Waals surface area contributed by atoms with Gasteiger partial charge >= 0.3 is 12.0 Å². The van der Waals surface area contributed by atoms with Crippen molar-refractivity contribution in [3.8, 4) is 0 Å². The summed E-state index contributed by atoms with van der Waals surface area (Å²) in [6.07, 6.45) is 5.02. The van der Waals surface area contributed by atoms with E-state index in [-0.39, 0.29) is 0 Å². The number of nitrogens with zero attached hydrogens (tertiary/aromatic N) is 1. The quantitative estimate of drug-likeness (QED) is 0.865. The number of para-hydroxylation sites is 2. The maximum absolute atomic E-state index is 11.8. The number of benzene rings is 2. The standard InChI is InChI=1S/C15H12N2O.C4H8O2/c16-15(18)17-13-7-3-1-5-11(13)9-10-12-6-2-4-8-14(12)17;1-2-3-4(5)6/h1-10H,(H2,16,18);2-3H2,1H3,(H,5,6). The summed E-state index contributed by atoms with van der Waals surface area (Å²) in [6, 6.07) is 14.9. The van der Waals surface area contributed by atoms with E-state index in [4.69, 9.17) is 10.8 Å². The van der Waals surface area contributed by atoms with Crippen LogP contribution in [-0.4, -0.2) is 17.1 Å². The first-order valence-electron chi connectivity index (χ1n) is 7.72. The maximum Gasteiger partial charge on any atom is 0.323 e. The number of primary amides is 1. The SMILES string of the molecule is CCCC(=O)O.NC(=O)N1c2ccccc2C=Cc2ccccc21. The summed E-state index contributed by atoms with van der Waals surface area (Å²) in [6.45, 7) is 1.84. The Hall–Kier alpha value is -3.08. The number of carboxylic acid groups (broad SMARTS) is 1. The Morgan fingerprint density at radius 3 is 1.75 bits per heavy atom. The number of carbonyl (C=O) groups is 2. The molecule has 2 aromatic rings. The smallest absolute Gasteiger partial charge is 0.323 e. The molecule has 5 nitrogen and oxygen atoms in total. The molecular formula is C19H20N2O3. The minimum atomic E-state index is -0.711. The molecule has 1 aliphatic rings. The highest BCUT2D eigenvalue weighted by atomic mass is 16.4. The second kappa shape index (κ2) is 7.97. The maximum atomic E-state index is 11.8. The molecule has 0 radical (unpaired) electrons. The van der Waals surface area contributed by atoms with Gasteiger partial charge in [0.05, 0.1) is 11.4 Å². The molecule has 0 spiro atoms. The molecule has 24 heavy (non-hydrogen) atoms. The molecule has 0 unspecified atom stereocenters. The lowest BCUT2D eigenvalue weighted by Crippen LogP contribution is -2.32. The van der Waals surface area contributed by atoms with Gasteiger partial charge in [-0.1, -0.05) is 55.5 Å². The number of anilines is 2. The minimum absolute atomic E-state index is 0.292. The van der Waals surface area contributed by atoms with E-state index >= 15 is 0 Å². The molecule has 3 N–H and O–H groups in total. The van der Waals surface area contributed by atoms with Crippen LogP contribution in [0.5, 0.6) is 0 Å². The predicted molar refractivity (Wildman–Crippen MR) is 96.1 cm³/mol. The third-order valence-corrected chi connectivity index (χ3v) is 3.48. The van der Waals surface area contributed by atoms with Crippen molar-refractivity contribution in [2.75, 3.05) is 4.90 Å². The molecule has 0 bridgehead atoms. The number of urea groups is 1. The van der Waals surface area contributed by atoms with E-state index in [0.717, 1.165) is 28.9 Å². The lowest BCUT2D eigenvalue weighted by Gasteiger charge is -2.22. The van der Waals surface area contributed by atoms with Gasteiger partial charge in [0, 0.05) is 6.42 Å². The highest BCUT2D eigenvalue weighted by Gasteiger charge is 2.21. The molecule has 3 rings (SSSR count). The number of fused-ring (bicyclic) bond motifs is 2. The van der Waals surface area contributed by atoms with Crippen molar-refractivity contribution in [3.05, 3.63) is 59.7 Å². The average molecular weight is 324 g/mol. The highest BCUT2D eigenvalue weighted by molar-refractivity contribution is 6.04. The van der Waals surface area contributed by atoms with Crippen LogP contribution in [0.4, 0.5) is 16.2 Å². The molecule has 0 saturated carbocycles. The fourth-order valence-corrected chi connectivity index (χ4v) is 2.42. The fraction of sp³-hybridized carbons (Fsp3) is 0.158. The molecule has 0 atom stereocenters. The van der Waals surface area contributed by atoms with Crippen LogP contribution in [0.1, 0.15) is 30.9 Å². The summed E-state index contributed by atoms with van der Waals surface area (Å²) < 4.78 is 0. The number of nitrogens with two attached hydrogens (primary N) is 1. The first kappa shape index (κ1) is 17.3. The summed E-state index contributed by atoms with van der Waals surface area (Å²) in [7, 11) is 0. The molecule has 0 fully saturated rings. The zero-order chi connectivity index (χ0) is 17.5. The lowest BCUT2D eigenvalue weighted by molar-refractivity contribution is -0.137. The Labute approximate surface area is 141 Å². The van der Waals surface area contributed by atoms with Crippen molar-refractivity contribution in [1.82, 2.24) is 0 Å². The molecule has 124 valence electrons. The second-order valence-corrected chi connectivity index (χ2v) is 5.27. The van der Waals surface area contributed by atoms with Crippen molar-refractivity contribution in [1.29, 1.82) is 0 Å². The van der Waals surface area contributed by atoms with Crippen LogP contribution in [0.3, 0.4) is 0 Å². The van der Waals surface area contributed by atoms with Gasteiger partial charge in [-0.2, -0.15) is 0 Å². The van der Waals surface area contributed by atoms with Crippen LogP contribution in [-0.2, 0) is 4.79 Å². The van der Waals surface area contributed by atoms with Crippen LogP contribution < -0.4 is 10.6 Å². The number of amides is 2. The van der Waals surface area contributed by atoms with E-state index in [2.05, 4.69) is 0 Å². The number of aliphatic carboxylic acids is 1. The van der Waals surface area contributed by atoms with Crippen molar-refractivity contribution >= 4 is 35.5 Å². The van der Waals surface area contributed by atoms with Crippen LogP contribution >= 0.6 is 0 Å². The Balaban J connectivity index is 0.000000301. The van der Waals surface area contributed by atoms with E-state index < -0.39 is 12.0 Å². The van der Waals surface area contributed by atoms with Crippen LogP contribution in [0.15, 0.2) is 48.5 Å². The lowest BCUT2D eigenvalue weighted by atomic mass is 10.1. The minimum Gasteiger partial charge on any atom is -0.481 e. The van der Waals surface area contributed by atoms with Gasteiger partial charge in [-0.25, -0.2) is 4.79 Å². The Bertz CT molecular complexity index is 719. The molecule has 5 heteroatoms. The highest BCUT2D eigenvalue weighted by Crippen LogP contribution is 2.35. The van der Waals surface area contributed by atoms with Crippen molar-refractivity contribution < 1.29 is 14.7 Å². The van der Waals surface area contributed by atoms with Gasteiger partial charge < -0.3 is 10.8 Å². The van der Waals surface area contributed by atoms with E-state index in [1.165, 1.54) is 0 Å². The summed E-state index contributed by atoms with van der Waals surface area (Å²) in [5.41, 5.74) is 9.11. The summed E-state index contributed by atoms with van der Waals surface area (Å²) in [4.78, 5) is 22.9. The van der Waals surface area contributed by atoms with Gasteiger partial charge in [-0.3, -0.25) is 9.69 Å². The zero-order valence-electron chi connectivity index (χ0n) is 13.5. The van der Waals surface area contributed by atoms with Crippen molar-refractivity contribution in [3.63, 3.8) is 0 Å². The number of rotatable bonds is 2. The summed E-state index contributed by atoms with van der Waals surface area (Å²) in [5.74, 6) is -0.711. The Morgan fingerprint density at radius 1 is 0.958 bits per heavy atom. The topological polar surface area (TPSA) is 83.6 Å². The Morgan fingerprint density at radius 2 is 1.42 bits per heavy atom. The molecule has 2 amide bonds. The van der Waals surface area contributed by atoms with E-state index in [1.807, 2.05) is 67.6 Å². The van der Waals surface area contributed by atoms with Crippen LogP contribution in [0.25, 0.3) is 12.2 Å². The first-order chi connectivity index (χ1) is 11.5. The van der Waals surface area contributed by atoms with Crippen LogP contribution in [0.2, 0.25) is 0 Å². The largest absolute Gasteiger partial charge is 0.481 e. The van der Waals surface area contributed by atoms with Crippen molar-refractivity contribution in [2.24, 2.45) is 5.73 Å². The fourth-order valence-electron chi connectivity index (χ4n) is 2.42. The molecule has 1 heterocycles. The molecular weight excluding hydrogens is 304 g/mol. The van der Waals surface area contributed by atoms with E-state index in [1.54, 1.807) is 4.90 Å². The number of carboxylic acids is 1. The monoisotopic (exact) mass is 324 g/mol. The normalized spacial score (nSPS) is 11.5. The molecule has 0 saturated heterocycles. The van der Waals surface area contributed by atoms with Crippen molar-refractivity contribution in [2.45, 2.75) is 19.8 Å². The van der Waals surface area contributed by atoms with Gasteiger partial charge in [0.2, 0.25) is 0 Å². The van der Waals surface area contributed by atoms with Gasteiger partial charge in [0.15, 0.2) is 0 Å². The second-order valence-electron chi connectivity index (χ2n) is 5.27. The zero-order valence-corrected chi connectivity index (χ0v) is 13.5. The third kappa shape index (κ3) is 4.01. The van der Waals surface area contributed by atoms with E-state index in [9.17, 15) is 9.59 Å². The molecule has 1 aliphatic heterocycles.